The van der Waals surface area contributed by atoms with E-state index >= 15 is 0 Å². The second kappa shape index (κ2) is 8.21. The van der Waals surface area contributed by atoms with Gasteiger partial charge in [-0.1, -0.05) is 19.1 Å². The first-order valence-corrected chi connectivity index (χ1v) is 7.88. The molecule has 0 radical (unpaired) electrons. The normalized spacial score (nSPS) is 10.5. The first-order valence-electron chi connectivity index (χ1n) is 6.81. The molecule has 0 saturated heterocycles. The van der Waals surface area contributed by atoms with Crippen LogP contribution in [0.3, 0.4) is 0 Å². The summed E-state index contributed by atoms with van der Waals surface area (Å²) >= 11 is 2.28. The van der Waals surface area contributed by atoms with Gasteiger partial charge in [-0.15, -0.1) is 0 Å². The van der Waals surface area contributed by atoms with E-state index in [1.165, 1.54) is 9.13 Å². The number of pyridine rings is 1. The van der Waals surface area contributed by atoms with E-state index in [1.54, 1.807) is 0 Å². The Morgan fingerprint density at radius 2 is 2.15 bits per heavy atom. The highest BCUT2D eigenvalue weighted by molar-refractivity contribution is 14.1. The Kier molecular flexibility index (Phi) is 6.26. The Balaban J connectivity index is 1.84. The van der Waals surface area contributed by atoms with Gasteiger partial charge in [0.1, 0.15) is 12.4 Å². The van der Waals surface area contributed by atoms with Gasteiger partial charge in [0.05, 0.1) is 5.69 Å². The number of hydrogen-bond acceptors (Lipinski definition) is 3. The molecule has 2 rings (SSSR count). The van der Waals surface area contributed by atoms with Crippen LogP contribution < -0.4 is 10.1 Å². The van der Waals surface area contributed by atoms with E-state index in [0.717, 1.165) is 31.0 Å². The molecule has 0 aliphatic rings. The summed E-state index contributed by atoms with van der Waals surface area (Å²) in [6.07, 6.45) is 3.06. The molecule has 106 valence electrons. The number of benzene rings is 1. The number of nitrogens with zero attached hydrogens (tertiary/aromatic N) is 1. The quantitative estimate of drug-likeness (QED) is 0.585. The van der Waals surface area contributed by atoms with E-state index in [0.29, 0.717) is 6.61 Å². The molecule has 2 aromatic rings. The second-order valence-corrected chi connectivity index (χ2v) is 5.83. The fourth-order valence-corrected chi connectivity index (χ4v) is 2.28. The van der Waals surface area contributed by atoms with Crippen LogP contribution in [0.5, 0.6) is 5.75 Å². The van der Waals surface area contributed by atoms with Crippen molar-refractivity contribution in [1.29, 1.82) is 0 Å². The van der Waals surface area contributed by atoms with E-state index in [-0.39, 0.29) is 0 Å². The monoisotopic (exact) mass is 382 g/mol. The zero-order chi connectivity index (χ0) is 14.2. The standard InChI is InChI=1S/C16H19IN2O/c1-2-8-18-10-13-6-7-15(19-11-13)12-20-16-5-3-4-14(17)9-16/h3-7,9,11,18H,2,8,10,12H2,1H3. The zero-order valence-corrected chi connectivity index (χ0v) is 13.8. The number of aromatic nitrogens is 1. The summed E-state index contributed by atoms with van der Waals surface area (Å²) in [5, 5.41) is 3.36. The minimum Gasteiger partial charge on any atom is -0.487 e. The molecular weight excluding hydrogens is 363 g/mol. The number of rotatable bonds is 7. The Bertz CT molecular complexity index is 528. The Labute approximate surface area is 133 Å². The summed E-state index contributed by atoms with van der Waals surface area (Å²) in [5.41, 5.74) is 2.15. The van der Waals surface area contributed by atoms with Gasteiger partial charge in [0.15, 0.2) is 0 Å². The fourth-order valence-electron chi connectivity index (χ4n) is 1.77. The maximum absolute atomic E-state index is 5.73. The number of ether oxygens (including phenoxy) is 1. The molecule has 1 aromatic carbocycles. The lowest BCUT2D eigenvalue weighted by atomic mass is 10.2. The van der Waals surface area contributed by atoms with E-state index in [2.05, 4.69) is 45.9 Å². The lowest BCUT2D eigenvalue weighted by molar-refractivity contribution is 0.301. The van der Waals surface area contributed by atoms with Crippen molar-refractivity contribution >= 4 is 22.6 Å². The van der Waals surface area contributed by atoms with Gasteiger partial charge in [0, 0.05) is 16.3 Å². The van der Waals surface area contributed by atoms with Crippen molar-refractivity contribution in [3.05, 3.63) is 57.4 Å². The smallest absolute Gasteiger partial charge is 0.130 e. The topological polar surface area (TPSA) is 34.1 Å². The van der Waals surface area contributed by atoms with Gasteiger partial charge in [-0.25, -0.2) is 0 Å². The molecule has 0 aliphatic carbocycles. The summed E-state index contributed by atoms with van der Waals surface area (Å²) in [5.74, 6) is 0.882. The maximum Gasteiger partial charge on any atom is 0.130 e. The SMILES string of the molecule is CCCNCc1ccc(COc2cccc(I)c2)nc1. The van der Waals surface area contributed by atoms with Crippen molar-refractivity contribution in [2.24, 2.45) is 0 Å². The van der Waals surface area contributed by atoms with Gasteiger partial charge in [-0.2, -0.15) is 0 Å². The summed E-state index contributed by atoms with van der Waals surface area (Å²) in [7, 11) is 0. The van der Waals surface area contributed by atoms with Crippen LogP contribution in [0.2, 0.25) is 0 Å². The van der Waals surface area contributed by atoms with Crippen molar-refractivity contribution in [3.8, 4) is 5.75 Å². The molecule has 0 amide bonds. The number of halogens is 1. The van der Waals surface area contributed by atoms with Crippen molar-refractivity contribution in [2.45, 2.75) is 26.5 Å². The van der Waals surface area contributed by atoms with Gasteiger partial charge in [-0.05, 0) is 65.4 Å². The van der Waals surface area contributed by atoms with E-state index in [9.17, 15) is 0 Å². The summed E-state index contributed by atoms with van der Waals surface area (Å²) < 4.78 is 6.90. The van der Waals surface area contributed by atoms with E-state index in [1.807, 2.05) is 36.5 Å². The Morgan fingerprint density at radius 3 is 2.85 bits per heavy atom. The van der Waals surface area contributed by atoms with Crippen LogP contribution in [-0.2, 0) is 13.2 Å². The molecule has 0 saturated carbocycles. The second-order valence-electron chi connectivity index (χ2n) is 4.58. The fraction of sp³-hybridized carbons (Fsp3) is 0.312. The highest BCUT2D eigenvalue weighted by atomic mass is 127. The third-order valence-electron chi connectivity index (χ3n) is 2.82. The van der Waals surface area contributed by atoms with Crippen LogP contribution in [0, 0.1) is 3.57 Å². The van der Waals surface area contributed by atoms with Crippen molar-refractivity contribution in [1.82, 2.24) is 10.3 Å². The first kappa shape index (κ1) is 15.3. The molecule has 0 bridgehead atoms. The van der Waals surface area contributed by atoms with Crippen molar-refractivity contribution in [2.75, 3.05) is 6.54 Å². The molecule has 0 unspecified atom stereocenters. The minimum absolute atomic E-state index is 0.503. The third-order valence-corrected chi connectivity index (χ3v) is 3.50. The molecule has 4 heteroatoms. The summed E-state index contributed by atoms with van der Waals surface area (Å²) in [4.78, 5) is 4.43. The molecule has 20 heavy (non-hydrogen) atoms. The van der Waals surface area contributed by atoms with Gasteiger partial charge in [0.2, 0.25) is 0 Å². The predicted octanol–water partition coefficient (Wildman–Crippen LogP) is 3.76. The van der Waals surface area contributed by atoms with Crippen LogP contribution >= 0.6 is 22.6 Å². The number of nitrogens with one attached hydrogen (secondary N) is 1. The van der Waals surface area contributed by atoms with Crippen LogP contribution in [0.25, 0.3) is 0 Å². The van der Waals surface area contributed by atoms with E-state index in [4.69, 9.17) is 4.74 Å². The molecule has 0 atom stereocenters. The van der Waals surface area contributed by atoms with Crippen LogP contribution in [0.15, 0.2) is 42.6 Å². The molecule has 1 aromatic heterocycles. The maximum atomic E-state index is 5.73. The minimum atomic E-state index is 0.503. The average molecular weight is 382 g/mol. The van der Waals surface area contributed by atoms with Gasteiger partial charge >= 0.3 is 0 Å². The highest BCUT2D eigenvalue weighted by Crippen LogP contribution is 2.16. The molecule has 1 N–H and O–H groups in total. The van der Waals surface area contributed by atoms with Crippen LogP contribution in [0.4, 0.5) is 0 Å². The molecule has 0 aliphatic heterocycles. The molecule has 3 nitrogen and oxygen atoms in total. The third kappa shape index (κ3) is 5.09. The predicted molar refractivity (Wildman–Crippen MR) is 89.7 cm³/mol. The lowest BCUT2D eigenvalue weighted by Gasteiger charge is -2.07. The summed E-state index contributed by atoms with van der Waals surface area (Å²) in [6.45, 7) is 4.58. The van der Waals surface area contributed by atoms with Gasteiger partial charge < -0.3 is 10.1 Å². The largest absolute Gasteiger partial charge is 0.487 e. The Hall–Kier alpha value is -1.14. The lowest BCUT2D eigenvalue weighted by Crippen LogP contribution is -2.14. The highest BCUT2D eigenvalue weighted by Gasteiger charge is 1.99. The first-order chi connectivity index (χ1) is 9.78. The van der Waals surface area contributed by atoms with Crippen molar-refractivity contribution in [3.63, 3.8) is 0 Å². The molecule has 0 fully saturated rings. The van der Waals surface area contributed by atoms with Crippen LogP contribution in [0.1, 0.15) is 24.6 Å². The van der Waals surface area contributed by atoms with Crippen molar-refractivity contribution < 1.29 is 4.74 Å². The van der Waals surface area contributed by atoms with Gasteiger partial charge in [-0.3, -0.25) is 4.98 Å². The average Bonchev–Trinajstić information content (AvgIpc) is 2.47. The van der Waals surface area contributed by atoms with Crippen LogP contribution in [-0.4, -0.2) is 11.5 Å². The molecule has 0 spiro atoms. The van der Waals surface area contributed by atoms with Gasteiger partial charge in [0.25, 0.3) is 0 Å². The summed E-state index contributed by atoms with van der Waals surface area (Å²) in [6, 6.07) is 12.1. The number of hydrogen-bond donors (Lipinski definition) is 1. The van der Waals surface area contributed by atoms with E-state index < -0.39 is 0 Å². The Morgan fingerprint density at radius 1 is 1.25 bits per heavy atom. The molecule has 1 heterocycles. The zero-order valence-electron chi connectivity index (χ0n) is 11.6. The molecular formula is C16H19IN2O.